The summed E-state index contributed by atoms with van der Waals surface area (Å²) >= 11 is 0. The van der Waals surface area contributed by atoms with Crippen LogP contribution in [0.2, 0.25) is 0 Å². The lowest BCUT2D eigenvalue weighted by atomic mass is 9.87. The van der Waals surface area contributed by atoms with Crippen molar-refractivity contribution in [3.63, 3.8) is 0 Å². The third-order valence-electron chi connectivity index (χ3n) is 8.29. The number of nitrogens with zero attached hydrogens (tertiary/aromatic N) is 2. The molecule has 7 nitrogen and oxygen atoms in total. The highest BCUT2D eigenvalue weighted by molar-refractivity contribution is 5.87. The summed E-state index contributed by atoms with van der Waals surface area (Å²) in [5.41, 5.74) is 4.37. The molecule has 0 unspecified atom stereocenters. The van der Waals surface area contributed by atoms with Gasteiger partial charge in [-0.25, -0.2) is 0 Å². The van der Waals surface area contributed by atoms with Crippen molar-refractivity contribution in [3.05, 3.63) is 89.6 Å². The monoisotopic (exact) mass is 585 g/mol. The van der Waals surface area contributed by atoms with E-state index in [4.69, 9.17) is 14.2 Å². The van der Waals surface area contributed by atoms with Crippen molar-refractivity contribution in [2.24, 2.45) is 0 Å². The molecule has 0 bridgehead atoms. The first-order valence-corrected chi connectivity index (χ1v) is 15.3. The van der Waals surface area contributed by atoms with E-state index in [-0.39, 0.29) is 17.9 Å². The number of nitrogens with one attached hydrogen (secondary N) is 1. The van der Waals surface area contributed by atoms with Crippen LogP contribution in [-0.4, -0.2) is 62.4 Å². The molecular formula is C36H47N3O4. The Morgan fingerprint density at radius 2 is 1.53 bits per heavy atom. The van der Waals surface area contributed by atoms with Gasteiger partial charge < -0.3 is 29.0 Å². The van der Waals surface area contributed by atoms with Crippen LogP contribution in [0.5, 0.6) is 17.2 Å². The highest BCUT2D eigenvalue weighted by Crippen LogP contribution is 2.38. The summed E-state index contributed by atoms with van der Waals surface area (Å²) in [6.07, 6.45) is 4.51. The lowest BCUT2D eigenvalue weighted by molar-refractivity contribution is -0.121. The number of hydrogen-bond donors (Lipinski definition) is 1. The lowest BCUT2D eigenvalue weighted by Gasteiger charge is -2.22. The van der Waals surface area contributed by atoms with Crippen LogP contribution in [-0.2, 0) is 11.3 Å². The summed E-state index contributed by atoms with van der Waals surface area (Å²) in [6.45, 7) is 10.3. The third kappa shape index (κ3) is 8.32. The molecule has 0 aliphatic carbocycles. The molecule has 1 amide bonds. The molecule has 4 aromatic rings. The molecule has 7 heteroatoms. The molecule has 230 valence electrons. The summed E-state index contributed by atoms with van der Waals surface area (Å²) in [7, 11) is 4.99. The molecule has 0 saturated heterocycles. The number of aromatic nitrogens is 1. The Labute approximate surface area is 256 Å². The number of carbonyl (C=O) groups excluding carboxylic acids is 1. The average molecular weight is 586 g/mol. The van der Waals surface area contributed by atoms with Gasteiger partial charge in [-0.3, -0.25) is 4.79 Å². The highest BCUT2D eigenvalue weighted by atomic mass is 16.5. The van der Waals surface area contributed by atoms with Gasteiger partial charge in [0.2, 0.25) is 5.91 Å². The minimum atomic E-state index is -0.200. The molecule has 0 radical (unpaired) electrons. The van der Waals surface area contributed by atoms with E-state index >= 15 is 0 Å². The molecule has 0 saturated carbocycles. The van der Waals surface area contributed by atoms with E-state index < -0.39 is 0 Å². The minimum Gasteiger partial charge on any atom is -0.497 e. The van der Waals surface area contributed by atoms with E-state index in [1.165, 1.54) is 5.56 Å². The zero-order chi connectivity index (χ0) is 30.8. The van der Waals surface area contributed by atoms with E-state index in [9.17, 15) is 4.79 Å². The van der Waals surface area contributed by atoms with Crippen LogP contribution in [0, 0.1) is 0 Å². The number of benzene rings is 3. The molecule has 4 rings (SSSR count). The third-order valence-corrected chi connectivity index (χ3v) is 8.29. The minimum absolute atomic E-state index is 0.0362. The Morgan fingerprint density at radius 1 is 0.884 bits per heavy atom. The smallest absolute Gasteiger partial charge is 0.221 e. The Balaban J connectivity index is 1.66. The molecule has 3 aromatic carbocycles. The van der Waals surface area contributed by atoms with Gasteiger partial charge in [-0.05, 0) is 86.4 Å². The zero-order valence-corrected chi connectivity index (χ0v) is 26.6. The van der Waals surface area contributed by atoms with E-state index in [1.807, 2.05) is 30.3 Å². The first-order chi connectivity index (χ1) is 20.9. The second-order valence-electron chi connectivity index (χ2n) is 11.1. The molecule has 0 fully saturated rings. The molecule has 1 aromatic heterocycles. The van der Waals surface area contributed by atoms with Gasteiger partial charge in [0.1, 0.15) is 17.2 Å². The SMILES string of the molecule is CCN(CC)CCC[C@H](C)NC(=O)C[C@H](c1cc(OC)cc(OC)c1)c1cn(Cc2ccc(OC)cc2)c2ccccc12. The van der Waals surface area contributed by atoms with Gasteiger partial charge >= 0.3 is 0 Å². The fourth-order valence-electron chi connectivity index (χ4n) is 5.80. The van der Waals surface area contributed by atoms with Crippen LogP contribution >= 0.6 is 0 Å². The van der Waals surface area contributed by atoms with Crippen molar-refractivity contribution >= 4 is 16.8 Å². The van der Waals surface area contributed by atoms with Crippen molar-refractivity contribution < 1.29 is 19.0 Å². The summed E-state index contributed by atoms with van der Waals surface area (Å²) in [5.74, 6) is 2.07. The van der Waals surface area contributed by atoms with Gasteiger partial charge in [-0.15, -0.1) is 0 Å². The first kappa shape index (κ1) is 32.0. The van der Waals surface area contributed by atoms with Crippen LogP contribution in [0.4, 0.5) is 0 Å². The predicted octanol–water partition coefficient (Wildman–Crippen LogP) is 6.86. The number of rotatable bonds is 16. The van der Waals surface area contributed by atoms with Gasteiger partial charge in [0.15, 0.2) is 0 Å². The maximum absolute atomic E-state index is 13.6. The van der Waals surface area contributed by atoms with Crippen molar-refractivity contribution in [1.29, 1.82) is 0 Å². The van der Waals surface area contributed by atoms with Crippen molar-refractivity contribution in [3.8, 4) is 17.2 Å². The van der Waals surface area contributed by atoms with Gasteiger partial charge in [-0.1, -0.05) is 44.2 Å². The van der Waals surface area contributed by atoms with Gasteiger partial charge in [0.25, 0.3) is 0 Å². The fraction of sp³-hybridized carbons (Fsp3) is 0.417. The Kier molecular flexibility index (Phi) is 11.5. The van der Waals surface area contributed by atoms with Crippen molar-refractivity contribution in [2.75, 3.05) is 41.0 Å². The molecule has 1 heterocycles. The van der Waals surface area contributed by atoms with E-state index in [0.29, 0.717) is 24.5 Å². The van der Waals surface area contributed by atoms with Gasteiger partial charge in [0.05, 0.1) is 21.3 Å². The van der Waals surface area contributed by atoms with Gasteiger partial charge in [0, 0.05) is 48.1 Å². The number of para-hydroxylation sites is 1. The van der Waals surface area contributed by atoms with E-state index in [0.717, 1.165) is 60.3 Å². The summed E-state index contributed by atoms with van der Waals surface area (Å²) in [4.78, 5) is 16.0. The van der Waals surface area contributed by atoms with Crippen LogP contribution < -0.4 is 19.5 Å². The van der Waals surface area contributed by atoms with Gasteiger partial charge in [-0.2, -0.15) is 0 Å². The highest BCUT2D eigenvalue weighted by Gasteiger charge is 2.25. The Morgan fingerprint density at radius 3 is 2.16 bits per heavy atom. The maximum atomic E-state index is 13.6. The summed E-state index contributed by atoms with van der Waals surface area (Å²) < 4.78 is 18.9. The molecule has 0 aliphatic rings. The average Bonchev–Trinajstić information content (AvgIpc) is 3.39. The lowest BCUT2D eigenvalue weighted by Crippen LogP contribution is -2.34. The molecule has 0 spiro atoms. The Bertz CT molecular complexity index is 1440. The standard InChI is InChI=1S/C36H47N3O4/c1-7-38(8-2)19-11-12-26(3)37-36(40)23-33(28-20-30(42-5)22-31(21-28)43-6)34-25-39(35-14-10-9-13-32(34)35)24-27-15-17-29(41-4)18-16-27/h9-10,13-18,20-22,25-26,33H,7-8,11-12,19,23-24H2,1-6H3,(H,37,40)/t26-,33+/m0/s1. The molecular weight excluding hydrogens is 538 g/mol. The second kappa shape index (κ2) is 15.5. The topological polar surface area (TPSA) is 65.0 Å². The number of ether oxygens (including phenoxy) is 3. The predicted molar refractivity (Wildman–Crippen MR) is 175 cm³/mol. The van der Waals surface area contributed by atoms with Crippen LogP contribution in [0.1, 0.15) is 62.6 Å². The number of carbonyl (C=O) groups is 1. The molecule has 43 heavy (non-hydrogen) atoms. The maximum Gasteiger partial charge on any atom is 0.221 e. The van der Waals surface area contributed by atoms with Crippen LogP contribution in [0.3, 0.4) is 0 Å². The second-order valence-corrected chi connectivity index (χ2v) is 11.1. The number of hydrogen-bond acceptors (Lipinski definition) is 5. The van der Waals surface area contributed by atoms with E-state index in [2.05, 4.69) is 78.2 Å². The van der Waals surface area contributed by atoms with Crippen molar-refractivity contribution in [1.82, 2.24) is 14.8 Å². The number of amides is 1. The molecule has 1 N–H and O–H groups in total. The molecule has 0 aliphatic heterocycles. The normalized spacial score (nSPS) is 12.7. The Hall–Kier alpha value is -3.97. The number of fused-ring (bicyclic) bond motifs is 1. The van der Waals surface area contributed by atoms with Crippen LogP contribution in [0.25, 0.3) is 10.9 Å². The zero-order valence-electron chi connectivity index (χ0n) is 26.6. The van der Waals surface area contributed by atoms with Crippen LogP contribution in [0.15, 0.2) is 72.9 Å². The first-order valence-electron chi connectivity index (χ1n) is 15.3. The largest absolute Gasteiger partial charge is 0.497 e. The number of methoxy groups -OCH3 is 3. The van der Waals surface area contributed by atoms with Crippen molar-refractivity contribution in [2.45, 2.75) is 58.5 Å². The summed E-state index contributed by atoms with van der Waals surface area (Å²) in [5, 5.41) is 4.41. The fourth-order valence-corrected chi connectivity index (χ4v) is 5.80. The molecule has 2 atom stereocenters. The quantitative estimate of drug-likeness (QED) is 0.156. The summed E-state index contributed by atoms with van der Waals surface area (Å²) in [6, 6.07) is 22.6. The van der Waals surface area contributed by atoms with E-state index in [1.54, 1.807) is 21.3 Å².